The molecule has 5 nitrogen and oxygen atoms in total. The van der Waals surface area contributed by atoms with Crippen molar-refractivity contribution in [2.45, 2.75) is 122 Å². The van der Waals surface area contributed by atoms with Crippen LogP contribution in [-0.2, 0) is 14.4 Å². The van der Waals surface area contributed by atoms with Crippen LogP contribution in [0.25, 0.3) is 0 Å². The molecule has 2 atom stereocenters. The van der Waals surface area contributed by atoms with Crippen molar-refractivity contribution >= 4 is 5.97 Å². The van der Waals surface area contributed by atoms with Gasteiger partial charge in [0.15, 0.2) is 0 Å². The average molecular weight is 401 g/mol. The van der Waals surface area contributed by atoms with Crippen molar-refractivity contribution in [3.05, 3.63) is 12.2 Å². The van der Waals surface area contributed by atoms with Crippen LogP contribution in [0.1, 0.15) is 110 Å². The molecule has 0 aromatic rings. The molecule has 0 saturated heterocycles. The highest BCUT2D eigenvalue weighted by Crippen LogP contribution is 2.15. The van der Waals surface area contributed by atoms with Gasteiger partial charge >= 0.3 is 5.97 Å². The minimum Gasteiger partial charge on any atom is -0.469 e. The largest absolute Gasteiger partial charge is 0.469 e. The summed E-state index contributed by atoms with van der Waals surface area (Å²) in [4.78, 5) is 15.3. The predicted molar refractivity (Wildman–Crippen MR) is 114 cm³/mol. The highest BCUT2D eigenvalue weighted by atomic mass is 17.1. The molecular formula is C23H44O5. The first-order valence-corrected chi connectivity index (χ1v) is 11.4. The second-order valence-corrected chi connectivity index (χ2v) is 7.73. The van der Waals surface area contributed by atoms with E-state index in [0.717, 1.165) is 12.8 Å². The maximum Gasteiger partial charge on any atom is 0.309 e. The van der Waals surface area contributed by atoms with Gasteiger partial charge in [-0.3, -0.25) is 10.1 Å². The first kappa shape index (κ1) is 27.1. The third-order valence-electron chi connectivity index (χ3n) is 5.19. The lowest BCUT2D eigenvalue weighted by Gasteiger charge is -2.16. The number of esters is 1. The van der Waals surface area contributed by atoms with E-state index in [1.807, 2.05) is 0 Å². The monoisotopic (exact) mass is 400 g/mol. The van der Waals surface area contributed by atoms with Crippen LogP contribution >= 0.6 is 0 Å². The van der Waals surface area contributed by atoms with Crippen molar-refractivity contribution in [2.24, 2.45) is 0 Å². The maximum absolute atomic E-state index is 11.0. The highest BCUT2D eigenvalue weighted by Gasteiger charge is 2.16. The van der Waals surface area contributed by atoms with Crippen LogP contribution < -0.4 is 0 Å². The summed E-state index contributed by atoms with van der Waals surface area (Å²) in [7, 11) is 1.32. The number of aliphatic hydroxyl groups excluding tert-OH is 1. The van der Waals surface area contributed by atoms with Crippen LogP contribution in [0.5, 0.6) is 0 Å². The predicted octanol–water partition coefficient (Wildman–Crippen LogP) is 6.20. The molecule has 0 aliphatic rings. The van der Waals surface area contributed by atoms with Crippen molar-refractivity contribution < 1.29 is 24.8 Å². The first-order chi connectivity index (χ1) is 13.7. The average Bonchev–Trinajstić information content (AvgIpc) is 2.71. The molecule has 0 aliphatic carbocycles. The molecular weight excluding hydrogens is 356 g/mol. The summed E-state index contributed by atoms with van der Waals surface area (Å²) in [5, 5.41) is 19.0. The number of unbranched alkanes of at least 4 members (excludes halogenated alkanes) is 13. The van der Waals surface area contributed by atoms with Crippen LogP contribution in [0.3, 0.4) is 0 Å². The van der Waals surface area contributed by atoms with Gasteiger partial charge in [0.2, 0.25) is 0 Å². The standard InChI is InChI=1S/C23H44O5/c1-3-4-5-6-7-8-9-10-11-12-13-14-15-16-18-21(24)22(28-26)19-17-20-23(25)27-2/h17,19,21-22,24,26H,3-16,18,20H2,1-2H3/b19-17+/t21-,22-/m1/s1. The summed E-state index contributed by atoms with van der Waals surface area (Å²) in [5.41, 5.74) is 0. The number of methoxy groups -OCH3 is 1. The molecule has 0 bridgehead atoms. The van der Waals surface area contributed by atoms with Gasteiger partial charge < -0.3 is 9.84 Å². The number of carbonyl (C=O) groups excluding carboxylic acids is 1. The van der Waals surface area contributed by atoms with Crippen molar-refractivity contribution in [2.75, 3.05) is 7.11 Å². The Labute approximate surface area is 172 Å². The molecule has 0 spiro atoms. The molecule has 0 rings (SSSR count). The Morgan fingerprint density at radius 1 is 0.857 bits per heavy atom. The number of ether oxygens (including phenoxy) is 1. The van der Waals surface area contributed by atoms with Gasteiger partial charge in [-0.05, 0) is 6.42 Å². The zero-order chi connectivity index (χ0) is 20.9. The summed E-state index contributed by atoms with van der Waals surface area (Å²) >= 11 is 0. The summed E-state index contributed by atoms with van der Waals surface area (Å²) in [6.07, 6.45) is 20.3. The molecule has 0 aliphatic heterocycles. The molecule has 0 amide bonds. The smallest absolute Gasteiger partial charge is 0.309 e. The van der Waals surface area contributed by atoms with Gasteiger partial charge in [-0.25, -0.2) is 4.89 Å². The van der Waals surface area contributed by atoms with Crippen LogP contribution in [0.15, 0.2) is 12.2 Å². The van der Waals surface area contributed by atoms with Crippen LogP contribution in [0, 0.1) is 0 Å². The van der Waals surface area contributed by atoms with Gasteiger partial charge in [-0.15, -0.1) is 0 Å². The molecule has 166 valence electrons. The molecule has 0 unspecified atom stereocenters. The van der Waals surface area contributed by atoms with Crippen molar-refractivity contribution in [3.8, 4) is 0 Å². The Bertz CT molecular complexity index is 370. The van der Waals surface area contributed by atoms with E-state index in [4.69, 9.17) is 5.26 Å². The van der Waals surface area contributed by atoms with Crippen LogP contribution in [0.2, 0.25) is 0 Å². The van der Waals surface area contributed by atoms with Gasteiger partial charge in [-0.2, -0.15) is 0 Å². The fraction of sp³-hybridized carbons (Fsp3) is 0.870. The van der Waals surface area contributed by atoms with Crippen LogP contribution in [0.4, 0.5) is 0 Å². The van der Waals surface area contributed by atoms with Crippen molar-refractivity contribution in [1.29, 1.82) is 0 Å². The Balaban J connectivity index is 3.50. The normalized spacial score (nSPS) is 13.7. The third kappa shape index (κ3) is 17.2. The Hall–Kier alpha value is -0.910. The molecule has 0 heterocycles. The van der Waals surface area contributed by atoms with Crippen LogP contribution in [-0.4, -0.2) is 35.7 Å². The number of hydrogen-bond acceptors (Lipinski definition) is 5. The molecule has 2 N–H and O–H groups in total. The lowest BCUT2D eigenvalue weighted by Crippen LogP contribution is -2.26. The van der Waals surface area contributed by atoms with E-state index in [1.165, 1.54) is 90.2 Å². The lowest BCUT2D eigenvalue weighted by molar-refractivity contribution is -0.283. The molecule has 0 aromatic carbocycles. The number of hydrogen-bond donors (Lipinski definition) is 2. The topological polar surface area (TPSA) is 76.0 Å². The summed E-state index contributed by atoms with van der Waals surface area (Å²) in [5.74, 6) is -0.366. The van der Waals surface area contributed by atoms with E-state index in [0.29, 0.717) is 6.42 Å². The number of carbonyl (C=O) groups is 1. The Morgan fingerprint density at radius 3 is 1.75 bits per heavy atom. The minimum absolute atomic E-state index is 0.0991. The summed E-state index contributed by atoms with van der Waals surface area (Å²) < 4.78 is 4.53. The fourth-order valence-electron chi connectivity index (χ4n) is 3.33. The molecule has 0 radical (unpaired) electrons. The maximum atomic E-state index is 11.0. The Morgan fingerprint density at radius 2 is 1.32 bits per heavy atom. The van der Waals surface area contributed by atoms with E-state index >= 15 is 0 Å². The first-order valence-electron chi connectivity index (χ1n) is 11.4. The van der Waals surface area contributed by atoms with E-state index in [2.05, 4.69) is 16.5 Å². The van der Waals surface area contributed by atoms with Gasteiger partial charge in [0, 0.05) is 0 Å². The van der Waals surface area contributed by atoms with E-state index in [-0.39, 0.29) is 12.4 Å². The lowest BCUT2D eigenvalue weighted by atomic mass is 10.0. The molecule has 28 heavy (non-hydrogen) atoms. The van der Waals surface area contributed by atoms with Gasteiger partial charge in [-0.1, -0.05) is 109 Å². The second-order valence-electron chi connectivity index (χ2n) is 7.73. The number of aliphatic hydroxyl groups is 1. The van der Waals surface area contributed by atoms with Gasteiger partial charge in [0.25, 0.3) is 0 Å². The van der Waals surface area contributed by atoms with E-state index in [9.17, 15) is 9.90 Å². The third-order valence-corrected chi connectivity index (χ3v) is 5.19. The summed E-state index contributed by atoms with van der Waals surface area (Å²) in [6, 6.07) is 0. The zero-order valence-electron chi connectivity index (χ0n) is 18.2. The van der Waals surface area contributed by atoms with Crippen molar-refractivity contribution in [1.82, 2.24) is 0 Å². The van der Waals surface area contributed by atoms with Gasteiger partial charge in [0.1, 0.15) is 6.10 Å². The van der Waals surface area contributed by atoms with Gasteiger partial charge in [0.05, 0.1) is 19.6 Å². The quantitative estimate of drug-likeness (QED) is 0.0837. The summed E-state index contributed by atoms with van der Waals surface area (Å²) in [6.45, 7) is 2.26. The van der Waals surface area contributed by atoms with E-state index in [1.54, 1.807) is 6.08 Å². The van der Waals surface area contributed by atoms with E-state index < -0.39 is 12.2 Å². The number of rotatable bonds is 20. The zero-order valence-corrected chi connectivity index (χ0v) is 18.2. The minimum atomic E-state index is -0.799. The molecule has 0 aromatic heterocycles. The second kappa shape index (κ2) is 20.8. The Kier molecular flexibility index (Phi) is 20.1. The fourth-order valence-corrected chi connectivity index (χ4v) is 3.33. The SMILES string of the molecule is CCCCCCCCCCCCCCCC[C@@H](O)[C@@H](/C=C/CC(=O)OC)OO. The molecule has 5 heteroatoms. The molecule has 0 fully saturated rings. The highest BCUT2D eigenvalue weighted by molar-refractivity contribution is 5.70. The van der Waals surface area contributed by atoms with Crippen molar-refractivity contribution in [3.63, 3.8) is 0 Å². The molecule has 0 saturated carbocycles.